The highest BCUT2D eigenvalue weighted by molar-refractivity contribution is 5.75. The fraction of sp³-hybridized carbons (Fsp3) is 0.462. The van der Waals surface area contributed by atoms with E-state index in [-0.39, 0.29) is 0 Å². The van der Waals surface area contributed by atoms with E-state index in [2.05, 4.69) is 5.32 Å². The normalized spacial score (nSPS) is 12.3. The first-order valence-corrected chi connectivity index (χ1v) is 5.94. The Balaban J connectivity index is 2.53. The highest BCUT2D eigenvalue weighted by Gasteiger charge is 2.18. The molecule has 0 bridgehead atoms. The molecule has 1 rings (SSSR count). The van der Waals surface area contributed by atoms with E-state index in [0.29, 0.717) is 31.7 Å². The number of rotatable bonds is 8. The zero-order valence-corrected chi connectivity index (χ0v) is 10.4. The number of hydrogen-bond acceptors (Lipinski definition) is 3. The minimum absolute atomic E-state index is 0.416. The average molecular weight is 255 g/mol. The minimum Gasteiger partial charge on any atom is -0.480 e. The monoisotopic (exact) mass is 255 g/mol. The zero-order valence-electron chi connectivity index (χ0n) is 10.4. The van der Waals surface area contributed by atoms with Crippen LogP contribution < -0.4 is 5.32 Å². The van der Waals surface area contributed by atoms with Gasteiger partial charge in [0.25, 0.3) is 0 Å². The first-order chi connectivity index (χ1) is 8.65. The van der Waals surface area contributed by atoms with Crippen molar-refractivity contribution in [2.24, 2.45) is 0 Å². The van der Waals surface area contributed by atoms with Crippen LogP contribution in [0, 0.1) is 5.82 Å². The number of aliphatic carboxylic acids is 1. The Bertz CT molecular complexity index is 384. The Labute approximate surface area is 106 Å². The van der Waals surface area contributed by atoms with Gasteiger partial charge in [-0.3, -0.25) is 4.79 Å². The molecule has 0 spiro atoms. The molecule has 0 radical (unpaired) electrons. The molecule has 2 N–H and O–H groups in total. The van der Waals surface area contributed by atoms with Gasteiger partial charge in [0.05, 0.1) is 0 Å². The Morgan fingerprint density at radius 2 is 2.33 bits per heavy atom. The minimum atomic E-state index is -1.02. The molecule has 5 heteroatoms. The molecule has 0 aromatic heterocycles. The molecule has 1 atom stereocenters. The molecule has 0 heterocycles. The van der Waals surface area contributed by atoms with Gasteiger partial charge in [-0.15, -0.1) is 0 Å². The lowest BCUT2D eigenvalue weighted by molar-refractivity contribution is -0.139. The molecule has 18 heavy (non-hydrogen) atoms. The molecule has 1 unspecified atom stereocenters. The molecule has 100 valence electrons. The maximum atomic E-state index is 13.0. The molecule has 0 amide bonds. The first kappa shape index (κ1) is 14.6. The van der Waals surface area contributed by atoms with Crippen LogP contribution in [0.4, 0.5) is 4.39 Å². The maximum Gasteiger partial charge on any atom is 0.325 e. The van der Waals surface area contributed by atoms with Crippen molar-refractivity contribution in [3.8, 4) is 0 Å². The molecule has 1 aromatic carbocycles. The highest BCUT2D eigenvalue weighted by Crippen LogP contribution is 2.14. The van der Waals surface area contributed by atoms with Gasteiger partial charge < -0.3 is 15.2 Å². The van der Waals surface area contributed by atoms with Crippen LogP contribution in [0.1, 0.15) is 24.9 Å². The smallest absolute Gasteiger partial charge is 0.325 e. The van der Waals surface area contributed by atoms with E-state index in [0.717, 1.165) is 0 Å². The second-order valence-corrected chi connectivity index (χ2v) is 3.83. The lowest BCUT2D eigenvalue weighted by Gasteiger charge is -2.14. The van der Waals surface area contributed by atoms with Crippen LogP contribution in [0.25, 0.3) is 0 Å². The van der Waals surface area contributed by atoms with Crippen molar-refractivity contribution in [2.75, 3.05) is 19.8 Å². The van der Waals surface area contributed by atoms with Crippen molar-refractivity contribution in [3.05, 3.63) is 35.6 Å². The van der Waals surface area contributed by atoms with Gasteiger partial charge >= 0.3 is 5.97 Å². The summed E-state index contributed by atoms with van der Waals surface area (Å²) in [5, 5.41) is 12.0. The lowest BCUT2D eigenvalue weighted by atomic mass is 10.1. The molecule has 0 aliphatic heterocycles. The summed E-state index contributed by atoms with van der Waals surface area (Å²) >= 11 is 0. The number of hydrogen-bond donors (Lipinski definition) is 2. The van der Waals surface area contributed by atoms with Gasteiger partial charge in [0, 0.05) is 13.2 Å². The Morgan fingerprint density at radius 3 is 2.94 bits per heavy atom. The third kappa shape index (κ3) is 4.81. The number of ether oxygens (including phenoxy) is 1. The van der Waals surface area contributed by atoms with E-state index in [4.69, 9.17) is 9.84 Å². The van der Waals surface area contributed by atoms with Crippen molar-refractivity contribution in [2.45, 2.75) is 19.4 Å². The largest absolute Gasteiger partial charge is 0.480 e. The van der Waals surface area contributed by atoms with Crippen molar-refractivity contribution in [3.63, 3.8) is 0 Å². The van der Waals surface area contributed by atoms with Gasteiger partial charge in [0.15, 0.2) is 0 Å². The van der Waals surface area contributed by atoms with Crippen LogP contribution in [0.15, 0.2) is 24.3 Å². The summed E-state index contributed by atoms with van der Waals surface area (Å²) < 4.78 is 18.2. The third-order valence-corrected chi connectivity index (χ3v) is 2.45. The predicted molar refractivity (Wildman–Crippen MR) is 65.9 cm³/mol. The fourth-order valence-electron chi connectivity index (χ4n) is 1.60. The van der Waals surface area contributed by atoms with E-state index in [1.165, 1.54) is 18.2 Å². The number of halogens is 1. The number of benzene rings is 1. The molecule has 0 fully saturated rings. The van der Waals surface area contributed by atoms with Crippen LogP contribution in [-0.4, -0.2) is 30.8 Å². The van der Waals surface area contributed by atoms with Crippen LogP contribution in [0.5, 0.6) is 0 Å². The molecule has 0 aliphatic carbocycles. The number of carboxylic acid groups (broad SMARTS) is 1. The topological polar surface area (TPSA) is 58.6 Å². The number of carbonyl (C=O) groups is 1. The van der Waals surface area contributed by atoms with Crippen LogP contribution >= 0.6 is 0 Å². The lowest BCUT2D eigenvalue weighted by Crippen LogP contribution is -2.29. The zero-order chi connectivity index (χ0) is 13.4. The Kier molecular flexibility index (Phi) is 6.32. The Morgan fingerprint density at radius 1 is 1.56 bits per heavy atom. The highest BCUT2D eigenvalue weighted by atomic mass is 19.1. The molecule has 4 nitrogen and oxygen atoms in total. The molecule has 0 saturated carbocycles. The summed E-state index contributed by atoms with van der Waals surface area (Å²) in [5.74, 6) is -1.45. The van der Waals surface area contributed by atoms with Gasteiger partial charge in [-0.2, -0.15) is 0 Å². The third-order valence-electron chi connectivity index (χ3n) is 2.45. The fourth-order valence-corrected chi connectivity index (χ4v) is 1.60. The van der Waals surface area contributed by atoms with Gasteiger partial charge in [0.2, 0.25) is 0 Å². The summed E-state index contributed by atoms with van der Waals surface area (Å²) in [5.41, 5.74) is 0.416. The van der Waals surface area contributed by atoms with Gasteiger partial charge in [-0.25, -0.2) is 4.39 Å². The quantitative estimate of drug-likeness (QED) is 0.697. The van der Waals surface area contributed by atoms with Crippen LogP contribution in [0.3, 0.4) is 0 Å². The average Bonchev–Trinajstić information content (AvgIpc) is 2.33. The molecule has 0 saturated heterocycles. The second-order valence-electron chi connectivity index (χ2n) is 3.83. The van der Waals surface area contributed by atoms with Crippen molar-refractivity contribution >= 4 is 5.97 Å². The van der Waals surface area contributed by atoms with Gasteiger partial charge in [-0.1, -0.05) is 12.1 Å². The number of nitrogens with one attached hydrogen (secondary N) is 1. The SMILES string of the molecule is CCOCCCNC(C(=O)O)c1cccc(F)c1. The van der Waals surface area contributed by atoms with E-state index < -0.39 is 17.8 Å². The predicted octanol–water partition coefficient (Wildman–Crippen LogP) is 1.97. The van der Waals surface area contributed by atoms with E-state index in [1.807, 2.05) is 6.92 Å². The molecular weight excluding hydrogens is 237 g/mol. The van der Waals surface area contributed by atoms with Crippen LogP contribution in [0.2, 0.25) is 0 Å². The van der Waals surface area contributed by atoms with E-state index in [1.54, 1.807) is 6.07 Å². The standard InChI is InChI=1S/C13H18FNO3/c1-2-18-8-4-7-15-12(13(16)17)10-5-3-6-11(14)9-10/h3,5-6,9,12,15H,2,4,7-8H2,1H3,(H,16,17). The van der Waals surface area contributed by atoms with Gasteiger partial charge in [-0.05, 0) is 37.6 Å². The maximum absolute atomic E-state index is 13.0. The molecule has 0 aliphatic rings. The van der Waals surface area contributed by atoms with Crippen molar-refractivity contribution < 1.29 is 19.0 Å². The van der Waals surface area contributed by atoms with Crippen molar-refractivity contribution in [1.29, 1.82) is 0 Å². The van der Waals surface area contributed by atoms with E-state index >= 15 is 0 Å². The summed E-state index contributed by atoms with van der Waals surface area (Å²) in [6.07, 6.45) is 0.715. The summed E-state index contributed by atoms with van der Waals surface area (Å²) in [7, 11) is 0. The summed E-state index contributed by atoms with van der Waals surface area (Å²) in [6.45, 7) is 3.64. The van der Waals surface area contributed by atoms with E-state index in [9.17, 15) is 9.18 Å². The summed E-state index contributed by atoms with van der Waals surface area (Å²) in [6, 6.07) is 4.73. The van der Waals surface area contributed by atoms with Crippen molar-refractivity contribution in [1.82, 2.24) is 5.32 Å². The number of carboxylic acids is 1. The molecular formula is C13H18FNO3. The first-order valence-electron chi connectivity index (χ1n) is 5.94. The van der Waals surface area contributed by atoms with Gasteiger partial charge in [0.1, 0.15) is 11.9 Å². The second kappa shape index (κ2) is 7.79. The molecule has 1 aromatic rings. The van der Waals surface area contributed by atoms with Crippen LogP contribution in [-0.2, 0) is 9.53 Å². The Hall–Kier alpha value is -1.46. The summed E-state index contributed by atoms with van der Waals surface area (Å²) in [4.78, 5) is 11.1.